The molecule has 0 aromatic heterocycles. The zero-order valence-corrected chi connectivity index (χ0v) is 12.9. The fourth-order valence-corrected chi connectivity index (χ4v) is 2.03. The van der Waals surface area contributed by atoms with E-state index in [0.717, 1.165) is 5.92 Å². The first kappa shape index (κ1) is 20.4. The van der Waals surface area contributed by atoms with Crippen LogP contribution in [-0.2, 0) is 0 Å². The van der Waals surface area contributed by atoms with Crippen LogP contribution in [-0.4, -0.2) is 25.5 Å². The lowest BCUT2D eigenvalue weighted by Gasteiger charge is -2.29. The van der Waals surface area contributed by atoms with Crippen LogP contribution in [0.2, 0.25) is 0 Å². The first-order valence-electron chi connectivity index (χ1n) is 6.48. The van der Waals surface area contributed by atoms with E-state index in [2.05, 4.69) is 46.7 Å². The maximum atomic E-state index is 2.34. The third-order valence-corrected chi connectivity index (χ3v) is 1.71. The molecule has 0 amide bonds. The summed E-state index contributed by atoms with van der Waals surface area (Å²) < 4.78 is 0. The summed E-state index contributed by atoms with van der Waals surface area (Å²) in [4.78, 5) is 2.27. The van der Waals surface area contributed by atoms with E-state index >= 15 is 0 Å². The molecule has 1 nitrogen and oxygen atoms in total. The lowest BCUT2D eigenvalue weighted by molar-refractivity contribution is 0.203. The second-order valence-electron chi connectivity index (χ2n) is 5.00. The van der Waals surface area contributed by atoms with Crippen LogP contribution in [0.15, 0.2) is 0 Å². The second-order valence-corrected chi connectivity index (χ2v) is 5.00. The molecule has 0 aliphatic carbocycles. The number of rotatable bonds is 4. The predicted molar refractivity (Wildman–Crippen MR) is 74.5 cm³/mol. The number of nitrogens with zero attached hydrogens (tertiary/aromatic N) is 1. The van der Waals surface area contributed by atoms with E-state index in [9.17, 15) is 0 Å². The second kappa shape index (κ2) is 12.0. The van der Waals surface area contributed by atoms with Gasteiger partial charge in [0.25, 0.3) is 0 Å². The Labute approximate surface area is 99.3 Å². The molecule has 0 rings (SSSR count). The van der Waals surface area contributed by atoms with E-state index in [4.69, 9.17) is 0 Å². The van der Waals surface area contributed by atoms with Crippen LogP contribution in [0.5, 0.6) is 0 Å². The Morgan fingerprint density at radius 3 is 1.47 bits per heavy atom. The lowest BCUT2D eigenvalue weighted by Crippen LogP contribution is -2.29. The molecule has 0 aliphatic heterocycles. The van der Waals surface area contributed by atoms with E-state index in [1.165, 1.54) is 13.0 Å². The molecule has 0 aromatic carbocycles. The Balaban J connectivity index is -0.000000318. The predicted octanol–water partition coefficient (Wildman–Crippen LogP) is 4.67. The summed E-state index contributed by atoms with van der Waals surface area (Å²) >= 11 is 0. The van der Waals surface area contributed by atoms with Crippen molar-refractivity contribution in [1.82, 2.24) is 4.90 Å². The van der Waals surface area contributed by atoms with Gasteiger partial charge in [0.1, 0.15) is 0 Å². The summed E-state index contributed by atoms with van der Waals surface area (Å²) in [6.07, 6.45) is 1.31. The van der Waals surface area contributed by atoms with Gasteiger partial charge < -0.3 is 4.90 Å². The van der Waals surface area contributed by atoms with Crippen LogP contribution >= 0.6 is 0 Å². The Hall–Kier alpha value is -0.0400. The molecule has 15 heavy (non-hydrogen) atoms. The molecule has 0 fully saturated rings. The van der Waals surface area contributed by atoms with Crippen LogP contribution in [0.4, 0.5) is 0 Å². The van der Waals surface area contributed by atoms with E-state index in [1.807, 2.05) is 27.7 Å². The van der Waals surface area contributed by atoms with Gasteiger partial charge in [-0.05, 0) is 31.8 Å². The molecule has 0 aliphatic rings. The van der Waals surface area contributed by atoms with Crippen molar-refractivity contribution in [1.29, 1.82) is 0 Å². The first-order valence-corrected chi connectivity index (χ1v) is 6.48. The highest BCUT2D eigenvalue weighted by Crippen LogP contribution is 2.25. The molecule has 0 spiro atoms. The van der Waals surface area contributed by atoms with Crippen molar-refractivity contribution in [2.24, 2.45) is 11.3 Å². The van der Waals surface area contributed by atoms with Crippen molar-refractivity contribution in [3.8, 4) is 0 Å². The summed E-state index contributed by atoms with van der Waals surface area (Å²) in [6.45, 7) is 18.4. The van der Waals surface area contributed by atoms with Crippen molar-refractivity contribution in [2.45, 2.75) is 61.8 Å². The van der Waals surface area contributed by atoms with E-state index < -0.39 is 0 Å². The van der Waals surface area contributed by atoms with Gasteiger partial charge in [0.05, 0.1) is 0 Å². The molecule has 1 heteroatoms. The third-order valence-electron chi connectivity index (χ3n) is 1.71. The van der Waals surface area contributed by atoms with Gasteiger partial charge >= 0.3 is 0 Å². The number of hydrogen-bond donors (Lipinski definition) is 0. The van der Waals surface area contributed by atoms with Crippen molar-refractivity contribution in [3.63, 3.8) is 0 Å². The first-order chi connectivity index (χ1) is 6.83. The van der Waals surface area contributed by atoms with Gasteiger partial charge in [-0.3, -0.25) is 0 Å². The fraction of sp³-hybridized carbons (Fsp3) is 1.00. The van der Waals surface area contributed by atoms with Crippen molar-refractivity contribution < 1.29 is 0 Å². The van der Waals surface area contributed by atoms with Gasteiger partial charge in [0.2, 0.25) is 0 Å². The molecule has 0 bridgehead atoms. The van der Waals surface area contributed by atoms with Crippen molar-refractivity contribution >= 4 is 0 Å². The van der Waals surface area contributed by atoms with Crippen LogP contribution in [0.25, 0.3) is 0 Å². The highest BCUT2D eigenvalue weighted by molar-refractivity contribution is 4.72. The SMILES string of the molecule is CC.CC.CC(C)CC(C)(C)CN(C)C. The smallest absolute Gasteiger partial charge is 0.00267 e. The minimum atomic E-state index is 0.470. The van der Waals surface area contributed by atoms with Gasteiger partial charge in [-0.2, -0.15) is 0 Å². The van der Waals surface area contributed by atoms with Gasteiger partial charge in [0, 0.05) is 6.54 Å². The summed E-state index contributed by atoms with van der Waals surface area (Å²) in [7, 11) is 4.28. The van der Waals surface area contributed by atoms with Gasteiger partial charge in [-0.15, -0.1) is 0 Å². The molecule has 0 aromatic rings. The summed E-state index contributed by atoms with van der Waals surface area (Å²) in [5.74, 6) is 0.810. The minimum absolute atomic E-state index is 0.470. The van der Waals surface area contributed by atoms with E-state index in [-0.39, 0.29) is 0 Å². The van der Waals surface area contributed by atoms with Gasteiger partial charge in [-0.1, -0.05) is 55.4 Å². The van der Waals surface area contributed by atoms with E-state index in [0.29, 0.717) is 5.41 Å². The molecule has 0 saturated heterocycles. The van der Waals surface area contributed by atoms with Gasteiger partial charge in [0.15, 0.2) is 0 Å². The average molecular weight is 217 g/mol. The Bertz CT molecular complexity index is 91.9. The van der Waals surface area contributed by atoms with Gasteiger partial charge in [-0.25, -0.2) is 0 Å². The largest absolute Gasteiger partial charge is 0.309 e. The summed E-state index contributed by atoms with van der Waals surface area (Å²) in [6, 6.07) is 0. The number of hydrogen-bond acceptors (Lipinski definition) is 1. The lowest BCUT2D eigenvalue weighted by atomic mass is 9.84. The molecule has 0 unspecified atom stereocenters. The maximum absolute atomic E-state index is 2.34. The standard InChI is InChI=1S/C10H23N.2C2H6/c1-9(2)7-10(3,4)8-11(5)6;2*1-2/h9H,7-8H2,1-6H3;2*1-2H3. The van der Waals surface area contributed by atoms with Crippen molar-refractivity contribution in [3.05, 3.63) is 0 Å². The summed E-state index contributed by atoms with van der Waals surface area (Å²) in [5.41, 5.74) is 0.470. The molecule has 0 saturated carbocycles. The zero-order valence-electron chi connectivity index (χ0n) is 12.9. The third kappa shape index (κ3) is 20.1. The van der Waals surface area contributed by atoms with Crippen LogP contribution in [0, 0.1) is 11.3 Å². The van der Waals surface area contributed by atoms with Crippen LogP contribution < -0.4 is 0 Å². The topological polar surface area (TPSA) is 3.24 Å². The molecule has 96 valence electrons. The Kier molecular flexibility index (Phi) is 16.3. The molecular weight excluding hydrogens is 182 g/mol. The van der Waals surface area contributed by atoms with Crippen molar-refractivity contribution in [2.75, 3.05) is 20.6 Å². The molecular formula is C14H35N. The average Bonchev–Trinajstić information content (AvgIpc) is 2.06. The molecule has 0 N–H and O–H groups in total. The summed E-state index contributed by atoms with van der Waals surface area (Å²) in [5, 5.41) is 0. The zero-order chi connectivity index (χ0) is 13.1. The molecule has 0 atom stereocenters. The van der Waals surface area contributed by atoms with Crippen LogP contribution in [0.1, 0.15) is 61.8 Å². The molecule has 0 heterocycles. The fourth-order valence-electron chi connectivity index (χ4n) is 2.03. The highest BCUT2D eigenvalue weighted by Gasteiger charge is 2.19. The Morgan fingerprint density at radius 1 is 0.933 bits per heavy atom. The monoisotopic (exact) mass is 217 g/mol. The maximum Gasteiger partial charge on any atom is 0.00267 e. The Morgan fingerprint density at radius 2 is 1.27 bits per heavy atom. The van der Waals surface area contributed by atoms with Crippen LogP contribution in [0.3, 0.4) is 0 Å². The molecule has 0 radical (unpaired) electrons. The quantitative estimate of drug-likeness (QED) is 0.661. The van der Waals surface area contributed by atoms with E-state index in [1.54, 1.807) is 0 Å². The minimum Gasteiger partial charge on any atom is -0.309 e. The normalized spacial score (nSPS) is 10.4. The highest BCUT2D eigenvalue weighted by atomic mass is 15.1.